The van der Waals surface area contributed by atoms with E-state index in [0.29, 0.717) is 18.5 Å². The fourth-order valence-electron chi connectivity index (χ4n) is 2.37. The van der Waals surface area contributed by atoms with Gasteiger partial charge in [-0.2, -0.15) is 0 Å². The number of nitrogens with one attached hydrogen (secondary N) is 2. The van der Waals surface area contributed by atoms with Crippen LogP contribution in [0.5, 0.6) is 0 Å². The highest BCUT2D eigenvalue weighted by atomic mass is 19.1. The lowest BCUT2D eigenvalue weighted by atomic mass is 9.95. The third-order valence-corrected chi connectivity index (χ3v) is 3.68. The van der Waals surface area contributed by atoms with Crippen molar-refractivity contribution in [3.63, 3.8) is 0 Å². The van der Waals surface area contributed by atoms with E-state index >= 15 is 0 Å². The number of carbonyl (C=O) groups is 1. The molecule has 1 aliphatic rings. The van der Waals surface area contributed by atoms with E-state index in [1.54, 1.807) is 19.1 Å². The molecule has 1 aromatic rings. The molecule has 0 spiro atoms. The molecule has 0 aliphatic carbocycles. The summed E-state index contributed by atoms with van der Waals surface area (Å²) in [4.78, 5) is 11.9. The highest BCUT2D eigenvalue weighted by Gasteiger charge is 2.19. The highest BCUT2D eigenvalue weighted by Crippen LogP contribution is 2.14. The highest BCUT2D eigenvalue weighted by molar-refractivity contribution is 5.94. The van der Waals surface area contributed by atoms with Gasteiger partial charge in [0.25, 0.3) is 5.91 Å². The second kappa shape index (κ2) is 6.15. The first-order valence-corrected chi connectivity index (χ1v) is 6.84. The average molecular weight is 264 g/mol. The second-order valence-corrected chi connectivity index (χ2v) is 5.45. The number of carbonyl (C=O) groups excluding carboxylic acids is 1. The smallest absolute Gasteiger partial charge is 0.254 e. The van der Waals surface area contributed by atoms with Crippen LogP contribution < -0.4 is 10.6 Å². The minimum absolute atomic E-state index is 0.128. The lowest BCUT2D eigenvalue weighted by Crippen LogP contribution is -2.42. The molecule has 1 heterocycles. The van der Waals surface area contributed by atoms with Gasteiger partial charge in [0.2, 0.25) is 0 Å². The maximum absolute atomic E-state index is 13.6. The molecule has 2 unspecified atom stereocenters. The normalized spacial score (nSPS) is 23.1. The molecule has 19 heavy (non-hydrogen) atoms. The van der Waals surface area contributed by atoms with Gasteiger partial charge in [-0.15, -0.1) is 0 Å². The standard InChI is InChI=1S/C15H21FN2O/c1-10-3-6-13(14(16)7-10)15(19)18-9-12-5-4-11(2)17-8-12/h3,6-7,11-12,17H,4-5,8-9H2,1-2H3,(H,18,19). The molecule has 1 aliphatic heterocycles. The van der Waals surface area contributed by atoms with Crippen LogP contribution in [0.1, 0.15) is 35.7 Å². The molecular weight excluding hydrogens is 243 g/mol. The van der Waals surface area contributed by atoms with Crippen LogP contribution in [0.2, 0.25) is 0 Å². The Morgan fingerprint density at radius 1 is 1.47 bits per heavy atom. The first-order chi connectivity index (χ1) is 9.06. The summed E-state index contributed by atoms with van der Waals surface area (Å²) < 4.78 is 13.6. The number of halogens is 1. The van der Waals surface area contributed by atoms with Gasteiger partial charge in [-0.05, 0) is 56.8 Å². The van der Waals surface area contributed by atoms with Gasteiger partial charge in [0.1, 0.15) is 5.82 Å². The Morgan fingerprint density at radius 3 is 2.89 bits per heavy atom. The minimum atomic E-state index is -0.451. The van der Waals surface area contributed by atoms with Crippen LogP contribution in [-0.4, -0.2) is 25.0 Å². The SMILES string of the molecule is Cc1ccc(C(=O)NCC2CCC(C)NC2)c(F)c1. The van der Waals surface area contributed by atoms with Crippen LogP contribution in [0.3, 0.4) is 0 Å². The lowest BCUT2D eigenvalue weighted by molar-refractivity contribution is 0.0940. The van der Waals surface area contributed by atoms with E-state index in [4.69, 9.17) is 0 Å². The van der Waals surface area contributed by atoms with Gasteiger partial charge < -0.3 is 10.6 Å². The molecule has 1 aromatic carbocycles. The molecule has 1 fully saturated rings. The molecule has 0 bridgehead atoms. The summed E-state index contributed by atoms with van der Waals surface area (Å²) in [7, 11) is 0. The van der Waals surface area contributed by atoms with Gasteiger partial charge in [0.15, 0.2) is 0 Å². The number of aryl methyl sites for hydroxylation is 1. The van der Waals surface area contributed by atoms with Crippen LogP contribution in [0.25, 0.3) is 0 Å². The summed E-state index contributed by atoms with van der Waals surface area (Å²) in [6, 6.07) is 5.24. The van der Waals surface area contributed by atoms with Crippen molar-refractivity contribution in [2.45, 2.75) is 32.7 Å². The Morgan fingerprint density at radius 2 is 2.26 bits per heavy atom. The Labute approximate surface area is 113 Å². The number of benzene rings is 1. The zero-order valence-electron chi connectivity index (χ0n) is 11.5. The fraction of sp³-hybridized carbons (Fsp3) is 0.533. The quantitative estimate of drug-likeness (QED) is 0.879. The molecule has 0 saturated carbocycles. The molecule has 1 amide bonds. The maximum Gasteiger partial charge on any atom is 0.254 e. The molecule has 3 nitrogen and oxygen atoms in total. The number of amides is 1. The van der Waals surface area contributed by atoms with Crippen molar-refractivity contribution < 1.29 is 9.18 Å². The predicted octanol–water partition coefficient (Wildman–Crippen LogP) is 2.25. The monoisotopic (exact) mass is 264 g/mol. The lowest BCUT2D eigenvalue weighted by Gasteiger charge is -2.27. The van der Waals surface area contributed by atoms with Crippen molar-refractivity contribution >= 4 is 5.91 Å². The Balaban J connectivity index is 1.87. The Kier molecular flexibility index (Phi) is 4.53. The van der Waals surface area contributed by atoms with Crippen LogP contribution in [0.15, 0.2) is 18.2 Å². The van der Waals surface area contributed by atoms with Crippen LogP contribution in [-0.2, 0) is 0 Å². The van der Waals surface area contributed by atoms with Crippen molar-refractivity contribution in [2.75, 3.05) is 13.1 Å². The third-order valence-electron chi connectivity index (χ3n) is 3.68. The third kappa shape index (κ3) is 3.77. The van der Waals surface area contributed by atoms with Crippen molar-refractivity contribution in [3.05, 3.63) is 35.1 Å². The van der Waals surface area contributed by atoms with Gasteiger partial charge in [-0.25, -0.2) is 4.39 Å². The molecule has 0 aromatic heterocycles. The summed E-state index contributed by atoms with van der Waals surface area (Å²) in [5, 5.41) is 6.21. The molecule has 1 saturated heterocycles. The summed E-state index contributed by atoms with van der Waals surface area (Å²) in [6.07, 6.45) is 2.23. The van der Waals surface area contributed by atoms with Gasteiger partial charge >= 0.3 is 0 Å². The number of hydrogen-bond acceptors (Lipinski definition) is 2. The molecule has 2 N–H and O–H groups in total. The van der Waals surface area contributed by atoms with E-state index in [-0.39, 0.29) is 11.5 Å². The minimum Gasteiger partial charge on any atom is -0.352 e. The first-order valence-electron chi connectivity index (χ1n) is 6.84. The Hall–Kier alpha value is -1.42. The zero-order valence-corrected chi connectivity index (χ0v) is 11.5. The molecule has 4 heteroatoms. The van der Waals surface area contributed by atoms with Gasteiger partial charge in [0.05, 0.1) is 5.56 Å². The zero-order chi connectivity index (χ0) is 13.8. The molecule has 0 radical (unpaired) electrons. The topological polar surface area (TPSA) is 41.1 Å². The van der Waals surface area contributed by atoms with E-state index in [1.165, 1.54) is 6.07 Å². The number of piperidine rings is 1. The van der Waals surface area contributed by atoms with Crippen molar-refractivity contribution in [2.24, 2.45) is 5.92 Å². The first kappa shape index (κ1) is 14.0. The van der Waals surface area contributed by atoms with Gasteiger partial charge in [-0.3, -0.25) is 4.79 Å². The average Bonchev–Trinajstić information content (AvgIpc) is 2.37. The van der Waals surface area contributed by atoms with Crippen molar-refractivity contribution in [1.82, 2.24) is 10.6 Å². The van der Waals surface area contributed by atoms with Gasteiger partial charge in [0, 0.05) is 12.6 Å². The van der Waals surface area contributed by atoms with Crippen LogP contribution >= 0.6 is 0 Å². The molecular formula is C15H21FN2O. The number of rotatable bonds is 3. The summed E-state index contributed by atoms with van der Waals surface area (Å²) in [6.45, 7) is 5.49. The number of hydrogen-bond donors (Lipinski definition) is 2. The summed E-state index contributed by atoms with van der Waals surface area (Å²) in [5.41, 5.74) is 0.947. The van der Waals surface area contributed by atoms with Crippen LogP contribution in [0, 0.1) is 18.7 Å². The summed E-state index contributed by atoms with van der Waals surface area (Å²) >= 11 is 0. The van der Waals surface area contributed by atoms with Gasteiger partial charge in [-0.1, -0.05) is 6.07 Å². The van der Waals surface area contributed by atoms with E-state index in [9.17, 15) is 9.18 Å². The summed E-state index contributed by atoms with van der Waals surface area (Å²) in [5.74, 6) is -0.335. The predicted molar refractivity (Wildman–Crippen MR) is 73.7 cm³/mol. The largest absolute Gasteiger partial charge is 0.352 e. The Bertz CT molecular complexity index is 453. The van der Waals surface area contributed by atoms with E-state index in [0.717, 1.165) is 24.9 Å². The van der Waals surface area contributed by atoms with E-state index in [1.807, 2.05) is 0 Å². The van der Waals surface area contributed by atoms with Crippen molar-refractivity contribution in [1.29, 1.82) is 0 Å². The van der Waals surface area contributed by atoms with E-state index < -0.39 is 5.82 Å². The molecule has 2 rings (SSSR count). The molecule has 104 valence electrons. The van der Waals surface area contributed by atoms with E-state index in [2.05, 4.69) is 17.6 Å². The molecule has 2 atom stereocenters. The van der Waals surface area contributed by atoms with Crippen molar-refractivity contribution in [3.8, 4) is 0 Å². The fourth-order valence-corrected chi connectivity index (χ4v) is 2.37. The maximum atomic E-state index is 13.6. The second-order valence-electron chi connectivity index (χ2n) is 5.45. The van der Waals surface area contributed by atoms with Crippen LogP contribution in [0.4, 0.5) is 4.39 Å².